The van der Waals surface area contributed by atoms with Crippen LogP contribution < -0.4 is 5.32 Å². The fourth-order valence-corrected chi connectivity index (χ4v) is 2.06. The van der Waals surface area contributed by atoms with Gasteiger partial charge in [0.05, 0.1) is 10.6 Å². The van der Waals surface area contributed by atoms with Crippen LogP contribution in [0.4, 0.5) is 5.82 Å². The minimum Gasteiger partial charge on any atom is -0.373 e. The van der Waals surface area contributed by atoms with E-state index in [0.29, 0.717) is 28.9 Å². The summed E-state index contributed by atoms with van der Waals surface area (Å²) in [7, 11) is 1.77. The number of halogens is 1. The molecule has 1 aliphatic carbocycles. The predicted octanol–water partition coefficient (Wildman–Crippen LogP) is 2.65. The summed E-state index contributed by atoms with van der Waals surface area (Å²) in [6, 6.07) is 1.71. The Hall–Kier alpha value is -1.29. The van der Waals surface area contributed by atoms with E-state index in [2.05, 4.69) is 10.3 Å². The van der Waals surface area contributed by atoms with Gasteiger partial charge in [-0.25, -0.2) is 4.98 Å². The average Bonchev–Trinajstić information content (AvgIpc) is 3.19. The van der Waals surface area contributed by atoms with Crippen molar-refractivity contribution in [2.75, 3.05) is 25.5 Å². The van der Waals surface area contributed by atoms with Crippen LogP contribution in [-0.2, 0) is 0 Å². The monoisotopic (exact) mass is 267 g/mol. The van der Waals surface area contributed by atoms with Crippen molar-refractivity contribution in [1.29, 1.82) is 0 Å². The molecule has 5 heteroatoms. The molecule has 18 heavy (non-hydrogen) atoms. The number of anilines is 1. The van der Waals surface area contributed by atoms with E-state index in [4.69, 9.17) is 11.6 Å². The highest BCUT2D eigenvalue weighted by molar-refractivity contribution is 6.33. The maximum absolute atomic E-state index is 12.4. The van der Waals surface area contributed by atoms with Crippen molar-refractivity contribution < 1.29 is 4.79 Å². The second-order valence-electron chi connectivity index (χ2n) is 4.59. The van der Waals surface area contributed by atoms with Crippen LogP contribution >= 0.6 is 11.6 Å². The Balaban J connectivity index is 2.19. The molecule has 1 amide bonds. The third kappa shape index (κ3) is 2.93. The number of aromatic nitrogens is 1. The quantitative estimate of drug-likeness (QED) is 0.892. The molecule has 1 aromatic heterocycles. The highest BCUT2D eigenvalue weighted by Crippen LogP contribution is 2.30. The Bertz CT molecular complexity index is 446. The number of nitrogens with one attached hydrogen (secondary N) is 1. The molecule has 1 fully saturated rings. The Morgan fingerprint density at radius 3 is 2.89 bits per heavy atom. The normalized spacial score (nSPS) is 14.4. The number of rotatable bonds is 5. The SMILES string of the molecule is CCN(CC1CC1)C(=O)c1cc(NC)ncc1Cl. The average molecular weight is 268 g/mol. The summed E-state index contributed by atoms with van der Waals surface area (Å²) in [5.41, 5.74) is 0.526. The molecule has 1 N–H and O–H groups in total. The molecular weight excluding hydrogens is 250 g/mol. The Morgan fingerprint density at radius 1 is 1.61 bits per heavy atom. The number of carbonyl (C=O) groups excluding carboxylic acids is 1. The van der Waals surface area contributed by atoms with Crippen molar-refractivity contribution in [2.24, 2.45) is 5.92 Å². The molecule has 1 heterocycles. The summed E-state index contributed by atoms with van der Waals surface area (Å²) in [6.07, 6.45) is 3.98. The fraction of sp³-hybridized carbons (Fsp3) is 0.538. The number of carbonyl (C=O) groups is 1. The molecule has 98 valence electrons. The largest absolute Gasteiger partial charge is 0.373 e. The summed E-state index contributed by atoms with van der Waals surface area (Å²) in [5, 5.41) is 3.33. The van der Waals surface area contributed by atoms with Crippen LogP contribution in [0.15, 0.2) is 12.3 Å². The van der Waals surface area contributed by atoms with Crippen molar-refractivity contribution in [3.63, 3.8) is 0 Å². The zero-order valence-corrected chi connectivity index (χ0v) is 11.5. The van der Waals surface area contributed by atoms with Gasteiger partial charge in [-0.05, 0) is 31.7 Å². The number of hydrogen-bond acceptors (Lipinski definition) is 3. The van der Waals surface area contributed by atoms with Crippen molar-refractivity contribution >= 4 is 23.3 Å². The Labute approximate surface area is 112 Å². The van der Waals surface area contributed by atoms with Gasteiger partial charge in [-0.15, -0.1) is 0 Å². The lowest BCUT2D eigenvalue weighted by atomic mass is 10.2. The molecule has 0 aromatic carbocycles. The summed E-state index contributed by atoms with van der Waals surface area (Å²) >= 11 is 6.06. The van der Waals surface area contributed by atoms with Crippen LogP contribution in [-0.4, -0.2) is 35.9 Å². The molecule has 0 unspecified atom stereocenters. The lowest BCUT2D eigenvalue weighted by molar-refractivity contribution is 0.0757. The van der Waals surface area contributed by atoms with Gasteiger partial charge in [0.25, 0.3) is 5.91 Å². The minimum absolute atomic E-state index is 0.00620. The minimum atomic E-state index is -0.00620. The molecule has 0 radical (unpaired) electrons. The van der Waals surface area contributed by atoms with Gasteiger partial charge in [-0.3, -0.25) is 4.79 Å². The van der Waals surface area contributed by atoms with E-state index in [1.54, 1.807) is 13.1 Å². The third-order valence-electron chi connectivity index (χ3n) is 3.19. The lowest BCUT2D eigenvalue weighted by Crippen LogP contribution is -2.33. The van der Waals surface area contributed by atoms with Crippen LogP contribution in [0.2, 0.25) is 5.02 Å². The molecule has 1 aliphatic rings. The Kier molecular flexibility index (Phi) is 4.07. The highest BCUT2D eigenvalue weighted by atomic mass is 35.5. The third-order valence-corrected chi connectivity index (χ3v) is 3.49. The lowest BCUT2D eigenvalue weighted by Gasteiger charge is -2.21. The first kappa shape index (κ1) is 13.1. The van der Waals surface area contributed by atoms with Crippen molar-refractivity contribution in [3.8, 4) is 0 Å². The molecule has 0 saturated heterocycles. The molecule has 1 saturated carbocycles. The van der Waals surface area contributed by atoms with E-state index in [-0.39, 0.29) is 5.91 Å². The first-order chi connectivity index (χ1) is 8.65. The van der Waals surface area contributed by atoms with Gasteiger partial charge < -0.3 is 10.2 Å². The van der Waals surface area contributed by atoms with Gasteiger partial charge in [-0.2, -0.15) is 0 Å². The number of hydrogen-bond donors (Lipinski definition) is 1. The van der Waals surface area contributed by atoms with Gasteiger partial charge in [0.15, 0.2) is 0 Å². The van der Waals surface area contributed by atoms with E-state index in [1.807, 2.05) is 11.8 Å². The summed E-state index contributed by atoms with van der Waals surface area (Å²) in [6.45, 7) is 3.54. The van der Waals surface area contributed by atoms with E-state index >= 15 is 0 Å². The topological polar surface area (TPSA) is 45.2 Å². The van der Waals surface area contributed by atoms with E-state index < -0.39 is 0 Å². The molecule has 0 spiro atoms. The Morgan fingerprint density at radius 2 is 2.33 bits per heavy atom. The summed E-state index contributed by atoms with van der Waals surface area (Å²) in [5.74, 6) is 1.33. The first-order valence-corrected chi connectivity index (χ1v) is 6.66. The van der Waals surface area contributed by atoms with Gasteiger partial charge in [0.2, 0.25) is 0 Å². The van der Waals surface area contributed by atoms with Crippen LogP contribution in [0.1, 0.15) is 30.1 Å². The molecule has 0 bridgehead atoms. The molecule has 2 rings (SSSR count). The van der Waals surface area contributed by atoms with Gasteiger partial charge >= 0.3 is 0 Å². The highest BCUT2D eigenvalue weighted by Gasteiger charge is 2.27. The van der Waals surface area contributed by atoms with E-state index in [0.717, 1.165) is 6.54 Å². The van der Waals surface area contributed by atoms with Crippen LogP contribution in [0.25, 0.3) is 0 Å². The zero-order chi connectivity index (χ0) is 13.1. The van der Waals surface area contributed by atoms with Crippen LogP contribution in [0.5, 0.6) is 0 Å². The standard InChI is InChI=1S/C13H18ClN3O/c1-3-17(8-9-4-5-9)13(18)10-6-12(15-2)16-7-11(10)14/h6-7,9H,3-5,8H2,1-2H3,(H,15,16). The smallest absolute Gasteiger partial charge is 0.255 e. The first-order valence-electron chi connectivity index (χ1n) is 6.28. The van der Waals surface area contributed by atoms with Crippen LogP contribution in [0.3, 0.4) is 0 Å². The zero-order valence-electron chi connectivity index (χ0n) is 10.7. The molecule has 0 aliphatic heterocycles. The molecule has 4 nitrogen and oxygen atoms in total. The van der Waals surface area contributed by atoms with Crippen molar-refractivity contribution in [1.82, 2.24) is 9.88 Å². The maximum atomic E-state index is 12.4. The number of pyridine rings is 1. The van der Waals surface area contributed by atoms with Gasteiger partial charge in [0, 0.05) is 26.3 Å². The second kappa shape index (κ2) is 5.57. The van der Waals surface area contributed by atoms with Crippen molar-refractivity contribution in [3.05, 3.63) is 22.8 Å². The fourth-order valence-electron chi connectivity index (χ4n) is 1.88. The second-order valence-corrected chi connectivity index (χ2v) is 4.99. The molecule has 0 atom stereocenters. The predicted molar refractivity (Wildman–Crippen MR) is 73.1 cm³/mol. The maximum Gasteiger partial charge on any atom is 0.255 e. The van der Waals surface area contributed by atoms with E-state index in [1.165, 1.54) is 19.0 Å². The van der Waals surface area contributed by atoms with Gasteiger partial charge in [0.1, 0.15) is 5.82 Å². The van der Waals surface area contributed by atoms with E-state index in [9.17, 15) is 4.79 Å². The van der Waals surface area contributed by atoms with Crippen molar-refractivity contribution in [2.45, 2.75) is 19.8 Å². The summed E-state index contributed by atoms with van der Waals surface area (Å²) < 4.78 is 0. The number of nitrogens with zero attached hydrogens (tertiary/aromatic N) is 2. The molecular formula is C13H18ClN3O. The summed E-state index contributed by atoms with van der Waals surface area (Å²) in [4.78, 5) is 18.4. The van der Waals surface area contributed by atoms with Gasteiger partial charge in [-0.1, -0.05) is 11.6 Å². The molecule has 1 aromatic rings. The number of amides is 1. The van der Waals surface area contributed by atoms with Crippen LogP contribution in [0, 0.1) is 5.92 Å².